The molecule has 0 radical (unpaired) electrons. The summed E-state index contributed by atoms with van der Waals surface area (Å²) in [6, 6.07) is 0. The molecule has 0 saturated carbocycles. The summed E-state index contributed by atoms with van der Waals surface area (Å²) in [5, 5.41) is 6.39. The molecule has 0 atom stereocenters. The monoisotopic (exact) mass is 112 g/mol. The Labute approximate surface area is 47.7 Å². The topological polar surface area (TPSA) is 48.8 Å². The third-order valence-corrected chi connectivity index (χ3v) is 0.859. The summed E-state index contributed by atoms with van der Waals surface area (Å²) in [5.74, 6) is 0.722. The van der Waals surface area contributed by atoms with Gasteiger partial charge in [-0.2, -0.15) is 5.10 Å². The van der Waals surface area contributed by atoms with Gasteiger partial charge < -0.3 is 5.32 Å². The standard InChI is InChI=1S/C4H8N4/c1-5-8-4-6-2-3-7-4/h1-3H2,(H2,6,7,8). The van der Waals surface area contributed by atoms with Crippen molar-refractivity contribution in [2.24, 2.45) is 10.1 Å². The van der Waals surface area contributed by atoms with Gasteiger partial charge in [0.25, 0.3) is 0 Å². The number of hydrogen-bond acceptors (Lipinski definition) is 4. The van der Waals surface area contributed by atoms with Crippen molar-refractivity contribution in [3.05, 3.63) is 0 Å². The molecule has 0 aliphatic carbocycles. The lowest BCUT2D eigenvalue weighted by atomic mass is 10.7. The summed E-state index contributed by atoms with van der Waals surface area (Å²) in [4.78, 5) is 3.99. The Morgan fingerprint density at radius 2 is 2.75 bits per heavy atom. The summed E-state index contributed by atoms with van der Waals surface area (Å²) >= 11 is 0. The van der Waals surface area contributed by atoms with Crippen molar-refractivity contribution in [3.8, 4) is 0 Å². The zero-order valence-electron chi connectivity index (χ0n) is 4.52. The molecule has 2 N–H and O–H groups in total. The molecule has 0 fully saturated rings. The Balaban J connectivity index is 2.33. The Hall–Kier alpha value is -1.06. The van der Waals surface area contributed by atoms with Crippen molar-refractivity contribution in [2.75, 3.05) is 13.1 Å². The van der Waals surface area contributed by atoms with Gasteiger partial charge >= 0.3 is 0 Å². The molecule has 44 valence electrons. The number of hydrogen-bond donors (Lipinski definition) is 2. The summed E-state index contributed by atoms with van der Waals surface area (Å²) < 4.78 is 0. The van der Waals surface area contributed by atoms with Crippen LogP contribution in [0, 0.1) is 0 Å². The first-order valence-corrected chi connectivity index (χ1v) is 2.43. The predicted octanol–water partition coefficient (Wildman–Crippen LogP) is -0.849. The third-order valence-electron chi connectivity index (χ3n) is 0.859. The minimum atomic E-state index is 0.722. The van der Waals surface area contributed by atoms with Crippen LogP contribution in [0.3, 0.4) is 0 Å². The van der Waals surface area contributed by atoms with Gasteiger partial charge in [-0.15, -0.1) is 0 Å². The molecule has 0 aromatic heterocycles. The van der Waals surface area contributed by atoms with Crippen LogP contribution in [-0.2, 0) is 0 Å². The van der Waals surface area contributed by atoms with E-state index < -0.39 is 0 Å². The van der Waals surface area contributed by atoms with Crippen LogP contribution in [0.1, 0.15) is 0 Å². The molecule has 0 amide bonds. The number of nitrogens with zero attached hydrogens (tertiary/aromatic N) is 2. The first-order chi connectivity index (χ1) is 3.93. The fraction of sp³-hybridized carbons (Fsp3) is 0.500. The first kappa shape index (κ1) is 5.08. The predicted molar refractivity (Wildman–Crippen MR) is 33.0 cm³/mol. The van der Waals surface area contributed by atoms with Crippen molar-refractivity contribution >= 4 is 12.7 Å². The van der Waals surface area contributed by atoms with Crippen LogP contribution in [0.25, 0.3) is 0 Å². The van der Waals surface area contributed by atoms with Crippen LogP contribution in [0.2, 0.25) is 0 Å². The number of rotatable bonds is 1. The Kier molecular flexibility index (Phi) is 1.46. The fourth-order valence-corrected chi connectivity index (χ4v) is 0.548. The molecular weight excluding hydrogens is 104 g/mol. The smallest absolute Gasteiger partial charge is 0.212 e. The highest BCUT2D eigenvalue weighted by molar-refractivity contribution is 5.81. The zero-order chi connectivity index (χ0) is 5.82. The molecule has 0 bridgehead atoms. The minimum absolute atomic E-state index is 0.722. The van der Waals surface area contributed by atoms with Gasteiger partial charge in [0.1, 0.15) is 0 Å². The maximum Gasteiger partial charge on any atom is 0.212 e. The molecule has 0 aromatic carbocycles. The largest absolute Gasteiger partial charge is 0.353 e. The molecule has 4 nitrogen and oxygen atoms in total. The zero-order valence-corrected chi connectivity index (χ0v) is 4.52. The van der Waals surface area contributed by atoms with Gasteiger partial charge in [0.15, 0.2) is 0 Å². The van der Waals surface area contributed by atoms with E-state index in [0.29, 0.717) is 0 Å². The molecule has 1 heterocycles. The van der Waals surface area contributed by atoms with E-state index in [9.17, 15) is 0 Å². The van der Waals surface area contributed by atoms with Gasteiger partial charge in [0.2, 0.25) is 5.96 Å². The van der Waals surface area contributed by atoms with Gasteiger partial charge in [-0.05, 0) is 0 Å². The lowest BCUT2D eigenvalue weighted by Gasteiger charge is -1.95. The molecule has 8 heavy (non-hydrogen) atoms. The molecule has 0 spiro atoms. The van der Waals surface area contributed by atoms with E-state index in [0.717, 1.165) is 19.0 Å². The molecule has 0 unspecified atom stereocenters. The summed E-state index contributed by atoms with van der Waals surface area (Å²) in [6.45, 7) is 4.97. The van der Waals surface area contributed by atoms with Gasteiger partial charge in [-0.1, -0.05) is 0 Å². The molecule has 1 aliphatic rings. The average molecular weight is 112 g/mol. The highest BCUT2D eigenvalue weighted by atomic mass is 15.4. The second-order valence-electron chi connectivity index (χ2n) is 1.43. The van der Waals surface area contributed by atoms with Crippen LogP contribution >= 0.6 is 0 Å². The van der Waals surface area contributed by atoms with E-state index in [-0.39, 0.29) is 0 Å². The van der Waals surface area contributed by atoms with E-state index in [1.807, 2.05) is 0 Å². The van der Waals surface area contributed by atoms with E-state index in [2.05, 4.69) is 27.6 Å². The number of hydrazone groups is 1. The molecule has 0 saturated heterocycles. The highest BCUT2D eigenvalue weighted by Crippen LogP contribution is 1.78. The van der Waals surface area contributed by atoms with Crippen molar-refractivity contribution in [1.82, 2.24) is 10.7 Å². The van der Waals surface area contributed by atoms with E-state index in [4.69, 9.17) is 0 Å². The normalized spacial score (nSPS) is 16.8. The van der Waals surface area contributed by atoms with Crippen LogP contribution in [0.4, 0.5) is 0 Å². The first-order valence-electron chi connectivity index (χ1n) is 2.43. The van der Waals surface area contributed by atoms with Gasteiger partial charge in [-0.25, -0.2) is 10.4 Å². The van der Waals surface area contributed by atoms with Crippen molar-refractivity contribution in [1.29, 1.82) is 0 Å². The second-order valence-corrected chi connectivity index (χ2v) is 1.43. The number of guanidine groups is 1. The van der Waals surface area contributed by atoms with E-state index in [1.54, 1.807) is 0 Å². The maximum absolute atomic E-state index is 3.99. The van der Waals surface area contributed by atoms with Crippen molar-refractivity contribution in [2.45, 2.75) is 0 Å². The maximum atomic E-state index is 3.99. The third kappa shape index (κ3) is 0.959. The van der Waals surface area contributed by atoms with Crippen molar-refractivity contribution in [3.63, 3.8) is 0 Å². The Bertz CT molecular complexity index is 117. The molecular formula is C4H8N4. The molecule has 4 heteroatoms. The number of nitrogens with one attached hydrogen (secondary N) is 2. The van der Waals surface area contributed by atoms with Crippen LogP contribution in [0.15, 0.2) is 10.1 Å². The second kappa shape index (κ2) is 2.30. The van der Waals surface area contributed by atoms with Crippen LogP contribution < -0.4 is 10.7 Å². The van der Waals surface area contributed by atoms with Crippen LogP contribution in [-0.4, -0.2) is 25.8 Å². The number of aliphatic imine (C=N–C) groups is 1. The highest BCUT2D eigenvalue weighted by Gasteiger charge is 1.99. The van der Waals surface area contributed by atoms with Crippen molar-refractivity contribution < 1.29 is 0 Å². The van der Waals surface area contributed by atoms with Gasteiger partial charge in [0.05, 0.1) is 6.54 Å². The summed E-state index contributed by atoms with van der Waals surface area (Å²) in [7, 11) is 0. The van der Waals surface area contributed by atoms with E-state index >= 15 is 0 Å². The quantitative estimate of drug-likeness (QED) is 0.343. The molecule has 1 aliphatic heterocycles. The summed E-state index contributed by atoms with van der Waals surface area (Å²) in [5.41, 5.74) is 2.60. The fourth-order valence-electron chi connectivity index (χ4n) is 0.548. The Morgan fingerprint density at radius 3 is 3.25 bits per heavy atom. The molecule has 1 rings (SSSR count). The SMILES string of the molecule is C=NNC1=NCCN1. The molecule has 0 aromatic rings. The lowest BCUT2D eigenvalue weighted by Crippen LogP contribution is -2.29. The van der Waals surface area contributed by atoms with Gasteiger partial charge in [-0.3, -0.25) is 0 Å². The Morgan fingerprint density at radius 1 is 1.88 bits per heavy atom. The summed E-state index contributed by atoms with van der Waals surface area (Å²) in [6.07, 6.45) is 0. The van der Waals surface area contributed by atoms with E-state index in [1.165, 1.54) is 0 Å². The van der Waals surface area contributed by atoms with Gasteiger partial charge in [0, 0.05) is 13.3 Å². The minimum Gasteiger partial charge on any atom is -0.353 e. The average Bonchev–Trinajstić information content (AvgIpc) is 2.19. The lowest BCUT2D eigenvalue weighted by molar-refractivity contribution is 0.921. The van der Waals surface area contributed by atoms with Crippen LogP contribution in [0.5, 0.6) is 0 Å².